The van der Waals surface area contributed by atoms with Gasteiger partial charge in [0.25, 0.3) is 5.91 Å². The van der Waals surface area contributed by atoms with Crippen molar-refractivity contribution in [2.75, 3.05) is 11.5 Å². The molecule has 0 unspecified atom stereocenters. The van der Waals surface area contributed by atoms with Gasteiger partial charge in [-0.2, -0.15) is 0 Å². The number of thioether (sulfide) groups is 2. The molecule has 2 N–H and O–H groups in total. The Morgan fingerprint density at radius 3 is 2.78 bits per heavy atom. The van der Waals surface area contributed by atoms with E-state index in [1.807, 2.05) is 36.4 Å². The highest BCUT2D eigenvalue weighted by Crippen LogP contribution is 2.44. The van der Waals surface area contributed by atoms with Crippen LogP contribution in [0, 0.1) is 0 Å². The van der Waals surface area contributed by atoms with Gasteiger partial charge >= 0.3 is 5.97 Å². The first-order valence-electron chi connectivity index (χ1n) is 10.9. The number of carbonyl (C=O) groups is 3. The zero-order valence-corrected chi connectivity index (χ0v) is 20.4. The second kappa shape index (κ2) is 10.0. The first-order valence-corrected chi connectivity index (χ1v) is 12.9. The van der Waals surface area contributed by atoms with E-state index in [0.29, 0.717) is 22.6 Å². The van der Waals surface area contributed by atoms with Gasteiger partial charge in [0.05, 0.1) is 5.75 Å². The van der Waals surface area contributed by atoms with Gasteiger partial charge < -0.3 is 14.9 Å². The number of benzene rings is 1. The van der Waals surface area contributed by atoms with Gasteiger partial charge in [0.2, 0.25) is 5.91 Å². The van der Waals surface area contributed by atoms with Gasteiger partial charge in [-0.25, -0.2) is 4.79 Å². The highest BCUT2D eigenvalue weighted by atomic mass is 32.2. The molecule has 2 aromatic heterocycles. The lowest BCUT2D eigenvalue weighted by Crippen LogP contribution is -2.70. The number of nitrogens with zero attached hydrogens (tertiary/aromatic N) is 3. The third-order valence-corrected chi connectivity index (χ3v) is 8.02. The molecule has 2 atom stereocenters. The molecule has 1 saturated heterocycles. The van der Waals surface area contributed by atoms with Crippen LogP contribution in [0.5, 0.6) is 0 Å². The van der Waals surface area contributed by atoms with Crippen molar-refractivity contribution >= 4 is 46.9 Å². The van der Waals surface area contributed by atoms with E-state index in [2.05, 4.69) is 22.0 Å². The first kappa shape index (κ1) is 23.9. The normalized spacial score (nSPS) is 18.9. The summed E-state index contributed by atoms with van der Waals surface area (Å²) in [5.74, 6) is -1.27. The summed E-state index contributed by atoms with van der Waals surface area (Å²) < 4.78 is 5.43. The topological polar surface area (TPSA) is 126 Å². The zero-order chi connectivity index (χ0) is 25.2. The molecule has 0 bridgehead atoms. The Labute approximate surface area is 214 Å². The Hall–Kier alpha value is -3.83. The van der Waals surface area contributed by atoms with Crippen LogP contribution in [0.3, 0.4) is 0 Å². The summed E-state index contributed by atoms with van der Waals surface area (Å²) in [6.07, 6.45) is 3.28. The molecular formula is C25H20N4O5S2. The minimum Gasteiger partial charge on any atom is -0.477 e. The zero-order valence-electron chi connectivity index (χ0n) is 18.8. The largest absolute Gasteiger partial charge is 0.477 e. The van der Waals surface area contributed by atoms with Crippen molar-refractivity contribution < 1.29 is 24.0 Å². The van der Waals surface area contributed by atoms with Crippen LogP contribution in [0.25, 0.3) is 16.8 Å². The number of nitrogens with one attached hydrogen (secondary N) is 1. The molecule has 9 nitrogen and oxygen atoms in total. The number of aromatic nitrogens is 2. The second-order valence-corrected chi connectivity index (χ2v) is 10.1. The van der Waals surface area contributed by atoms with Crippen LogP contribution in [0.2, 0.25) is 0 Å². The lowest BCUT2D eigenvalue weighted by atomic mass is 9.98. The molecule has 2 amide bonds. The van der Waals surface area contributed by atoms with Gasteiger partial charge in [-0.15, -0.1) is 23.5 Å². The quantitative estimate of drug-likeness (QED) is 0.340. The molecule has 4 heterocycles. The van der Waals surface area contributed by atoms with Crippen molar-refractivity contribution in [2.45, 2.75) is 16.3 Å². The summed E-state index contributed by atoms with van der Waals surface area (Å²) >= 11 is 2.73. The lowest BCUT2D eigenvalue weighted by molar-refractivity contribution is -0.150. The number of carboxylic acids is 1. The summed E-state index contributed by atoms with van der Waals surface area (Å²) in [7, 11) is 0. The summed E-state index contributed by atoms with van der Waals surface area (Å²) in [6.45, 7) is 4.02. The molecule has 11 heteroatoms. The summed E-state index contributed by atoms with van der Waals surface area (Å²) in [5.41, 5.74) is 1.83. The third kappa shape index (κ3) is 4.54. The average Bonchev–Trinajstić information content (AvgIpc) is 3.40. The van der Waals surface area contributed by atoms with Crippen molar-refractivity contribution in [1.29, 1.82) is 0 Å². The number of carbonyl (C=O) groups excluding carboxylic acids is 2. The fraction of sp³-hybridized carbons (Fsp3) is 0.160. The number of rotatable bonds is 8. The molecule has 3 aromatic rings. The Bertz CT molecular complexity index is 1370. The van der Waals surface area contributed by atoms with Gasteiger partial charge in [-0.05, 0) is 24.3 Å². The van der Waals surface area contributed by atoms with E-state index in [-0.39, 0.29) is 23.1 Å². The first-order chi connectivity index (χ1) is 17.4. The predicted octanol–water partition coefficient (Wildman–Crippen LogP) is 3.28. The fourth-order valence-electron chi connectivity index (χ4n) is 3.95. The third-order valence-electron chi connectivity index (χ3n) is 5.73. The Morgan fingerprint density at radius 2 is 2.06 bits per heavy atom. The van der Waals surface area contributed by atoms with Crippen LogP contribution in [0.4, 0.5) is 0 Å². The van der Waals surface area contributed by atoms with E-state index in [1.54, 1.807) is 24.5 Å². The lowest BCUT2D eigenvalue weighted by Gasteiger charge is -2.49. The number of fused-ring (bicyclic) bond motifs is 1. The van der Waals surface area contributed by atoms with E-state index in [1.165, 1.54) is 28.4 Å². The van der Waals surface area contributed by atoms with Gasteiger partial charge in [-0.1, -0.05) is 29.9 Å². The Kier molecular flexibility index (Phi) is 6.66. The van der Waals surface area contributed by atoms with Gasteiger partial charge in [0, 0.05) is 45.8 Å². The second-order valence-electron chi connectivity index (χ2n) is 7.99. The molecule has 0 spiro atoms. The van der Waals surface area contributed by atoms with Crippen molar-refractivity contribution in [3.05, 3.63) is 84.5 Å². The highest BCUT2D eigenvalue weighted by molar-refractivity contribution is 8.00. The number of aliphatic carboxylic acids is 1. The molecule has 182 valence electrons. The minimum atomic E-state index is -1.25. The number of pyridine rings is 1. The molecule has 1 aromatic carbocycles. The number of hydrogen-bond acceptors (Lipinski definition) is 8. The molecular weight excluding hydrogens is 500 g/mol. The average molecular weight is 521 g/mol. The van der Waals surface area contributed by atoms with Gasteiger partial charge in [0.15, 0.2) is 5.76 Å². The maximum absolute atomic E-state index is 12.9. The molecule has 36 heavy (non-hydrogen) atoms. The standard InChI is InChI=1S/C25H20N4O5S2/c1-14(19-10-18(28-34-19)15-6-5-9-26-11-15)17-12-36-24-21(23(31)29(24)22(17)25(32)33)27-20(30)13-35-16-7-3-2-4-8-16/h2-11,21,24H,1,12-13H2,(H,27,30)(H,32,33)/t21-,24-/m1/s1. The van der Waals surface area contributed by atoms with E-state index in [9.17, 15) is 19.5 Å². The van der Waals surface area contributed by atoms with E-state index in [4.69, 9.17) is 4.52 Å². The summed E-state index contributed by atoms with van der Waals surface area (Å²) in [4.78, 5) is 43.8. The number of carboxylic acid groups (broad SMARTS) is 1. The van der Waals surface area contributed by atoms with Crippen molar-refractivity contribution in [3.63, 3.8) is 0 Å². The van der Waals surface area contributed by atoms with Crippen LogP contribution < -0.4 is 5.32 Å². The molecule has 1 fully saturated rings. The van der Waals surface area contributed by atoms with E-state index < -0.39 is 23.3 Å². The smallest absolute Gasteiger partial charge is 0.352 e. The number of β-lactam (4-membered cyclic amide) rings is 1. The van der Waals surface area contributed by atoms with Crippen molar-refractivity contribution in [2.24, 2.45) is 0 Å². The summed E-state index contributed by atoms with van der Waals surface area (Å²) in [5, 5.41) is 16.2. The van der Waals surface area contributed by atoms with Crippen LogP contribution in [-0.4, -0.2) is 60.9 Å². The number of hydrogen-bond donors (Lipinski definition) is 2. The highest BCUT2D eigenvalue weighted by Gasteiger charge is 2.54. The SMILES string of the molecule is C=C(C1=C(C(=O)O)N2C(=O)[C@@H](NC(=O)CSc3ccccc3)[C@H]2SC1)c1cc(-c2cccnc2)no1. The molecule has 2 aliphatic heterocycles. The van der Waals surface area contributed by atoms with Crippen molar-refractivity contribution in [3.8, 4) is 11.3 Å². The molecule has 0 radical (unpaired) electrons. The van der Waals surface area contributed by atoms with Crippen LogP contribution in [0.15, 0.2) is 88.2 Å². The minimum absolute atomic E-state index is 0.152. The number of allylic oxidation sites excluding steroid dienone is 1. The number of amides is 2. The molecule has 0 saturated carbocycles. The van der Waals surface area contributed by atoms with Crippen LogP contribution in [-0.2, 0) is 14.4 Å². The fourth-order valence-corrected chi connectivity index (χ4v) is 6.06. The maximum Gasteiger partial charge on any atom is 0.352 e. The monoisotopic (exact) mass is 520 g/mol. The molecule has 5 rings (SSSR count). The van der Waals surface area contributed by atoms with Gasteiger partial charge in [0.1, 0.15) is 22.8 Å². The molecule has 0 aliphatic carbocycles. The van der Waals surface area contributed by atoms with Crippen molar-refractivity contribution in [1.82, 2.24) is 20.4 Å². The Morgan fingerprint density at radius 1 is 1.25 bits per heavy atom. The summed E-state index contributed by atoms with van der Waals surface area (Å²) in [6, 6.07) is 13.9. The molecule has 2 aliphatic rings. The predicted molar refractivity (Wildman–Crippen MR) is 136 cm³/mol. The van der Waals surface area contributed by atoms with E-state index in [0.717, 1.165) is 10.5 Å². The Balaban J connectivity index is 1.30. The van der Waals surface area contributed by atoms with Crippen LogP contribution >= 0.6 is 23.5 Å². The maximum atomic E-state index is 12.9. The van der Waals surface area contributed by atoms with Crippen LogP contribution in [0.1, 0.15) is 5.76 Å². The van der Waals surface area contributed by atoms with E-state index >= 15 is 0 Å². The van der Waals surface area contributed by atoms with Gasteiger partial charge in [-0.3, -0.25) is 19.5 Å².